The van der Waals surface area contributed by atoms with Gasteiger partial charge in [0.2, 0.25) is 0 Å². The summed E-state index contributed by atoms with van der Waals surface area (Å²) in [4.78, 5) is 11.8. The van der Waals surface area contributed by atoms with Gasteiger partial charge in [0.05, 0.1) is 0 Å². The van der Waals surface area contributed by atoms with E-state index in [0.717, 1.165) is 0 Å². The minimum Gasteiger partial charge on any atom is -0.296 e. The van der Waals surface area contributed by atoms with Crippen molar-refractivity contribution < 1.29 is 0 Å². The van der Waals surface area contributed by atoms with Crippen molar-refractivity contribution in [2.24, 2.45) is 5.92 Å². The molecule has 0 aliphatic carbocycles. The molecule has 2 aromatic rings. The zero-order chi connectivity index (χ0) is 10.1. The molecule has 14 heavy (non-hydrogen) atoms. The lowest BCUT2D eigenvalue weighted by atomic mass is 10.2. The van der Waals surface area contributed by atoms with Crippen LogP contribution in [0.5, 0.6) is 0 Å². The third-order valence-electron chi connectivity index (χ3n) is 2.09. The molecule has 0 saturated heterocycles. The average molecular weight is 191 g/mol. The van der Waals surface area contributed by atoms with Crippen molar-refractivity contribution in [3.63, 3.8) is 0 Å². The molecule has 0 aliphatic rings. The number of aromatic nitrogens is 3. The van der Waals surface area contributed by atoms with Crippen molar-refractivity contribution in [3.05, 3.63) is 35.0 Å². The van der Waals surface area contributed by atoms with Crippen LogP contribution in [0.15, 0.2) is 29.5 Å². The molecule has 4 heteroatoms. The smallest absolute Gasteiger partial charge is 0.277 e. The summed E-state index contributed by atoms with van der Waals surface area (Å²) in [7, 11) is 0. The summed E-state index contributed by atoms with van der Waals surface area (Å²) in [5.74, 6) is 0.451. The molecule has 2 heterocycles. The van der Waals surface area contributed by atoms with Crippen LogP contribution < -0.4 is 5.56 Å². The van der Waals surface area contributed by atoms with Crippen LogP contribution in [0.3, 0.4) is 0 Å². The Labute approximate surface area is 81.8 Å². The number of hydrogen-bond acceptors (Lipinski definition) is 2. The number of nitrogens with zero attached hydrogens (tertiary/aromatic N) is 3. The summed E-state index contributed by atoms with van der Waals surface area (Å²) < 4.78 is 3.25. The second-order valence-electron chi connectivity index (χ2n) is 3.82. The van der Waals surface area contributed by atoms with E-state index in [0.29, 0.717) is 18.0 Å². The Morgan fingerprint density at radius 2 is 2.29 bits per heavy atom. The molecule has 0 amide bonds. The highest BCUT2D eigenvalue weighted by molar-refractivity contribution is 5.43. The van der Waals surface area contributed by atoms with E-state index in [1.165, 1.54) is 0 Å². The highest BCUT2D eigenvalue weighted by Crippen LogP contribution is 1.98. The monoisotopic (exact) mass is 191 g/mol. The first-order valence-electron chi connectivity index (χ1n) is 4.71. The van der Waals surface area contributed by atoms with Crippen LogP contribution in [0.25, 0.3) is 5.52 Å². The molecule has 2 rings (SSSR count). The van der Waals surface area contributed by atoms with Crippen molar-refractivity contribution in [1.82, 2.24) is 14.2 Å². The maximum Gasteiger partial charge on any atom is 0.277 e. The van der Waals surface area contributed by atoms with E-state index < -0.39 is 0 Å². The van der Waals surface area contributed by atoms with E-state index in [1.54, 1.807) is 27.7 Å². The number of rotatable bonds is 2. The molecule has 0 fully saturated rings. The largest absolute Gasteiger partial charge is 0.296 e. The summed E-state index contributed by atoms with van der Waals surface area (Å²) in [6.07, 6.45) is 3.37. The zero-order valence-corrected chi connectivity index (χ0v) is 8.34. The van der Waals surface area contributed by atoms with E-state index in [4.69, 9.17) is 0 Å². The van der Waals surface area contributed by atoms with Gasteiger partial charge in [-0.15, -0.1) is 0 Å². The van der Waals surface area contributed by atoms with Crippen LogP contribution in [0, 0.1) is 5.92 Å². The van der Waals surface area contributed by atoms with Gasteiger partial charge in [-0.25, -0.2) is 4.52 Å². The molecule has 4 nitrogen and oxygen atoms in total. The van der Waals surface area contributed by atoms with Crippen molar-refractivity contribution in [1.29, 1.82) is 0 Å². The summed E-state index contributed by atoms with van der Waals surface area (Å²) in [6.45, 7) is 4.87. The van der Waals surface area contributed by atoms with Crippen molar-refractivity contribution >= 4 is 5.52 Å². The van der Waals surface area contributed by atoms with Gasteiger partial charge in [0.15, 0.2) is 0 Å². The van der Waals surface area contributed by atoms with Gasteiger partial charge in [-0.05, 0) is 18.1 Å². The molecule has 0 atom stereocenters. The lowest BCUT2D eigenvalue weighted by Gasteiger charge is -2.07. The van der Waals surface area contributed by atoms with E-state index in [-0.39, 0.29) is 5.56 Å². The topological polar surface area (TPSA) is 39.3 Å². The van der Waals surface area contributed by atoms with Gasteiger partial charge in [-0.1, -0.05) is 13.8 Å². The highest BCUT2D eigenvalue weighted by Gasteiger charge is 2.04. The second kappa shape index (κ2) is 3.29. The van der Waals surface area contributed by atoms with Gasteiger partial charge in [-0.2, -0.15) is 5.10 Å². The van der Waals surface area contributed by atoms with E-state index in [1.807, 2.05) is 6.07 Å². The molecule has 0 radical (unpaired) electrons. The second-order valence-corrected chi connectivity index (χ2v) is 3.82. The molecular weight excluding hydrogens is 178 g/mol. The maximum absolute atomic E-state index is 11.8. The predicted molar refractivity (Wildman–Crippen MR) is 54.3 cm³/mol. The van der Waals surface area contributed by atoms with Gasteiger partial charge in [0.1, 0.15) is 11.8 Å². The summed E-state index contributed by atoms with van der Waals surface area (Å²) in [5, 5.41) is 4.13. The van der Waals surface area contributed by atoms with Crippen LogP contribution in [0.1, 0.15) is 13.8 Å². The summed E-state index contributed by atoms with van der Waals surface area (Å²) >= 11 is 0. The van der Waals surface area contributed by atoms with E-state index >= 15 is 0 Å². The van der Waals surface area contributed by atoms with Gasteiger partial charge < -0.3 is 0 Å². The zero-order valence-electron chi connectivity index (χ0n) is 8.34. The van der Waals surface area contributed by atoms with E-state index in [9.17, 15) is 4.79 Å². The number of fused-ring (bicyclic) bond motifs is 1. The lowest BCUT2D eigenvalue weighted by molar-refractivity contribution is 0.501. The summed E-state index contributed by atoms with van der Waals surface area (Å²) in [5.41, 5.74) is 0.659. The van der Waals surface area contributed by atoms with Gasteiger partial charge in [-0.3, -0.25) is 9.36 Å². The first-order chi connectivity index (χ1) is 6.68. The fraction of sp³-hybridized carbons (Fsp3) is 0.400. The molecule has 0 saturated carbocycles. The third kappa shape index (κ3) is 1.43. The Kier molecular flexibility index (Phi) is 2.11. The van der Waals surface area contributed by atoms with Crippen LogP contribution in [0.2, 0.25) is 0 Å². The first-order valence-corrected chi connectivity index (χ1v) is 4.71. The molecule has 0 aromatic carbocycles. The molecule has 0 spiro atoms. The molecule has 0 N–H and O–H groups in total. The first kappa shape index (κ1) is 8.99. The maximum atomic E-state index is 11.8. The SMILES string of the molecule is CC(C)Cn1cnn2cccc2c1=O. The molecular formula is C10H13N3O. The molecule has 0 bridgehead atoms. The van der Waals surface area contributed by atoms with Crippen molar-refractivity contribution in [3.8, 4) is 0 Å². The molecule has 0 aliphatic heterocycles. The Morgan fingerprint density at radius 3 is 3.00 bits per heavy atom. The van der Waals surface area contributed by atoms with Crippen LogP contribution in [-0.4, -0.2) is 14.2 Å². The normalized spacial score (nSPS) is 11.4. The van der Waals surface area contributed by atoms with Crippen LogP contribution >= 0.6 is 0 Å². The van der Waals surface area contributed by atoms with Gasteiger partial charge >= 0.3 is 0 Å². The standard InChI is InChI=1S/C10H13N3O/c1-8(2)6-12-7-11-13-5-3-4-9(13)10(12)14/h3-5,7-8H,6H2,1-2H3. The molecule has 0 unspecified atom stereocenters. The van der Waals surface area contributed by atoms with Gasteiger partial charge in [0.25, 0.3) is 5.56 Å². The Bertz CT molecular complexity index is 495. The van der Waals surface area contributed by atoms with Crippen LogP contribution in [-0.2, 0) is 6.54 Å². The molecule has 74 valence electrons. The minimum atomic E-state index is 0.0266. The third-order valence-corrected chi connectivity index (χ3v) is 2.09. The lowest BCUT2D eigenvalue weighted by Crippen LogP contribution is -2.24. The highest BCUT2D eigenvalue weighted by atomic mass is 16.1. The fourth-order valence-electron chi connectivity index (χ4n) is 1.48. The molecule has 2 aromatic heterocycles. The Balaban J connectivity index is 2.57. The quantitative estimate of drug-likeness (QED) is 0.714. The fourth-order valence-corrected chi connectivity index (χ4v) is 1.48. The number of hydrogen-bond donors (Lipinski definition) is 0. The van der Waals surface area contributed by atoms with Crippen molar-refractivity contribution in [2.75, 3.05) is 0 Å². The average Bonchev–Trinajstić information content (AvgIpc) is 2.57. The van der Waals surface area contributed by atoms with Crippen LogP contribution in [0.4, 0.5) is 0 Å². The minimum absolute atomic E-state index is 0.0266. The van der Waals surface area contributed by atoms with E-state index in [2.05, 4.69) is 18.9 Å². The van der Waals surface area contributed by atoms with Crippen molar-refractivity contribution in [2.45, 2.75) is 20.4 Å². The Hall–Kier alpha value is -1.58. The van der Waals surface area contributed by atoms with Gasteiger partial charge in [0, 0.05) is 12.7 Å². The predicted octanol–water partition coefficient (Wildman–Crippen LogP) is 1.15. The Morgan fingerprint density at radius 1 is 1.50 bits per heavy atom. The summed E-state index contributed by atoms with van der Waals surface area (Å²) in [6, 6.07) is 3.61.